The summed E-state index contributed by atoms with van der Waals surface area (Å²) in [5.41, 5.74) is 1.33. The molecule has 3 aromatic heterocycles. The standard InChI is InChI=1S/C30H38F5N9O3/c1-3-43-22(6-9-37-43)27(46)39-24(17-4-7-29(31,32)8-5-17)21-15-44-28(38-21)40-25(23-16-42(2)10-11-47-23)20(41-44)13-18-12-19(30(33,34)35)14-36-26(18)45/h6,9,15,17-19,23-24H,3-5,7-8,10-14,16H2,1-2H3,(H,36,45)(H,39,46)/t18-,19-,23?,24+/m1/s1. The number of piperidine rings is 1. The van der Waals surface area contributed by atoms with E-state index in [2.05, 4.69) is 15.7 Å². The number of hydrogen-bond acceptors (Lipinski definition) is 8. The number of halogens is 5. The van der Waals surface area contributed by atoms with E-state index in [-0.39, 0.29) is 50.2 Å². The maximum atomic E-state index is 14.2. The fourth-order valence-corrected chi connectivity index (χ4v) is 6.76. The molecule has 47 heavy (non-hydrogen) atoms. The molecular formula is C30H38F5N9O3. The molecule has 0 radical (unpaired) electrons. The number of ether oxygens (including phenoxy) is 1. The predicted octanol–water partition coefficient (Wildman–Crippen LogP) is 3.50. The van der Waals surface area contributed by atoms with Gasteiger partial charge in [-0.05, 0) is 45.2 Å². The molecule has 0 aromatic carbocycles. The summed E-state index contributed by atoms with van der Waals surface area (Å²) in [5.74, 6) is -6.61. The van der Waals surface area contributed by atoms with E-state index < -0.39 is 54.4 Å². The van der Waals surface area contributed by atoms with Crippen molar-refractivity contribution in [3.05, 3.63) is 41.2 Å². The van der Waals surface area contributed by atoms with Crippen LogP contribution < -0.4 is 10.6 Å². The van der Waals surface area contributed by atoms with Gasteiger partial charge in [0.2, 0.25) is 11.8 Å². The normalized spacial score (nSPS) is 25.1. The molecule has 256 valence electrons. The number of alkyl halides is 5. The van der Waals surface area contributed by atoms with Crippen LogP contribution in [0.1, 0.15) is 78.7 Å². The van der Waals surface area contributed by atoms with Gasteiger partial charge in [-0.1, -0.05) is 0 Å². The van der Waals surface area contributed by atoms with Crippen molar-refractivity contribution in [2.75, 3.05) is 33.3 Å². The zero-order valence-electron chi connectivity index (χ0n) is 26.1. The summed E-state index contributed by atoms with van der Waals surface area (Å²) >= 11 is 0. The van der Waals surface area contributed by atoms with Crippen LogP contribution in [-0.2, 0) is 22.5 Å². The van der Waals surface area contributed by atoms with Crippen LogP contribution in [-0.4, -0.2) is 91.5 Å². The monoisotopic (exact) mass is 667 g/mol. The highest BCUT2D eigenvalue weighted by Gasteiger charge is 2.45. The summed E-state index contributed by atoms with van der Waals surface area (Å²) in [4.78, 5) is 37.6. The summed E-state index contributed by atoms with van der Waals surface area (Å²) in [6.45, 7) is 3.32. The van der Waals surface area contributed by atoms with E-state index in [1.165, 1.54) is 15.4 Å². The number of carbonyl (C=O) groups excluding carboxylic acids is 2. The number of hydrogen-bond donors (Lipinski definition) is 2. The second-order valence-corrected chi connectivity index (χ2v) is 12.8. The summed E-state index contributed by atoms with van der Waals surface area (Å²) in [7, 11) is 1.91. The molecule has 2 saturated heterocycles. The Bertz CT molecular complexity index is 1600. The Morgan fingerprint density at radius 1 is 1.23 bits per heavy atom. The molecule has 3 fully saturated rings. The van der Waals surface area contributed by atoms with Crippen molar-refractivity contribution in [2.45, 2.75) is 76.2 Å². The molecule has 2 amide bonds. The van der Waals surface area contributed by atoms with Crippen LogP contribution >= 0.6 is 0 Å². The molecule has 1 saturated carbocycles. The Balaban J connectivity index is 1.37. The lowest BCUT2D eigenvalue weighted by Crippen LogP contribution is -2.47. The van der Waals surface area contributed by atoms with Crippen LogP contribution in [0.25, 0.3) is 5.78 Å². The van der Waals surface area contributed by atoms with Crippen molar-refractivity contribution in [3.63, 3.8) is 0 Å². The number of nitrogens with zero attached hydrogens (tertiary/aromatic N) is 7. The fraction of sp³-hybridized carbons (Fsp3) is 0.667. The molecule has 5 heterocycles. The third kappa shape index (κ3) is 7.24. The maximum absolute atomic E-state index is 14.2. The Kier molecular flexibility index (Phi) is 9.21. The average molecular weight is 668 g/mol. The molecule has 12 nitrogen and oxygen atoms in total. The molecule has 6 rings (SSSR count). The van der Waals surface area contributed by atoms with E-state index in [1.54, 1.807) is 12.3 Å². The van der Waals surface area contributed by atoms with Gasteiger partial charge in [0.1, 0.15) is 11.8 Å². The largest absolute Gasteiger partial charge is 0.393 e. The summed E-state index contributed by atoms with van der Waals surface area (Å²) in [6.07, 6.45) is -2.83. The molecule has 0 spiro atoms. The van der Waals surface area contributed by atoms with Crippen LogP contribution in [0.4, 0.5) is 22.0 Å². The fourth-order valence-electron chi connectivity index (χ4n) is 6.76. The van der Waals surface area contributed by atoms with Gasteiger partial charge < -0.3 is 20.3 Å². The molecule has 1 unspecified atom stereocenters. The number of fused-ring (bicyclic) bond motifs is 1. The first-order valence-electron chi connectivity index (χ1n) is 15.9. The second-order valence-electron chi connectivity index (χ2n) is 12.8. The van der Waals surface area contributed by atoms with Gasteiger partial charge in [-0.3, -0.25) is 14.3 Å². The third-order valence-corrected chi connectivity index (χ3v) is 9.46. The molecular weight excluding hydrogens is 629 g/mol. The quantitative estimate of drug-likeness (QED) is 0.349. The predicted molar refractivity (Wildman–Crippen MR) is 156 cm³/mol. The topological polar surface area (TPSA) is 132 Å². The lowest BCUT2D eigenvalue weighted by molar-refractivity contribution is -0.183. The van der Waals surface area contributed by atoms with Crippen molar-refractivity contribution in [1.82, 2.24) is 44.9 Å². The number of nitrogens with one attached hydrogen (secondary N) is 2. The smallest absolute Gasteiger partial charge is 0.369 e. The highest BCUT2D eigenvalue weighted by molar-refractivity contribution is 5.92. The summed E-state index contributed by atoms with van der Waals surface area (Å²) in [6, 6.07) is 0.810. The molecule has 1 aliphatic carbocycles. The van der Waals surface area contributed by atoms with Gasteiger partial charge in [0.25, 0.3) is 11.7 Å². The number of amides is 2. The Hall–Kier alpha value is -3.73. The number of aromatic nitrogens is 6. The number of imidazole rings is 1. The minimum absolute atomic E-state index is 0.105. The van der Waals surface area contributed by atoms with Crippen molar-refractivity contribution >= 4 is 17.6 Å². The lowest BCUT2D eigenvalue weighted by atomic mass is 9.81. The number of aryl methyl sites for hydroxylation is 1. The van der Waals surface area contributed by atoms with E-state index in [4.69, 9.17) is 19.8 Å². The molecule has 4 atom stereocenters. The zero-order valence-corrected chi connectivity index (χ0v) is 26.1. The highest BCUT2D eigenvalue weighted by atomic mass is 19.4. The molecule has 0 bridgehead atoms. The van der Waals surface area contributed by atoms with Gasteiger partial charge in [0, 0.05) is 57.6 Å². The van der Waals surface area contributed by atoms with Crippen molar-refractivity contribution < 1.29 is 36.3 Å². The van der Waals surface area contributed by atoms with Crippen LogP contribution in [0.3, 0.4) is 0 Å². The lowest BCUT2D eigenvalue weighted by Gasteiger charge is -2.33. The molecule has 2 N–H and O–H groups in total. The van der Waals surface area contributed by atoms with E-state index >= 15 is 0 Å². The highest BCUT2D eigenvalue weighted by Crippen LogP contribution is 2.41. The van der Waals surface area contributed by atoms with Crippen molar-refractivity contribution in [2.24, 2.45) is 17.8 Å². The first-order chi connectivity index (χ1) is 22.3. The van der Waals surface area contributed by atoms with Gasteiger partial charge in [-0.15, -0.1) is 0 Å². The number of likely N-dealkylation sites (N-methyl/N-ethyl adjacent to an activating group) is 1. The van der Waals surface area contributed by atoms with Crippen LogP contribution in [0.5, 0.6) is 0 Å². The van der Waals surface area contributed by atoms with Crippen LogP contribution in [0.15, 0.2) is 18.5 Å². The molecule has 3 aliphatic rings. The Morgan fingerprint density at radius 3 is 2.70 bits per heavy atom. The third-order valence-electron chi connectivity index (χ3n) is 9.46. The van der Waals surface area contributed by atoms with Gasteiger partial charge >= 0.3 is 6.18 Å². The van der Waals surface area contributed by atoms with E-state index in [0.29, 0.717) is 49.0 Å². The van der Waals surface area contributed by atoms with Gasteiger partial charge in [0.05, 0.1) is 41.8 Å². The van der Waals surface area contributed by atoms with E-state index in [1.807, 2.05) is 18.9 Å². The molecule has 2 aliphatic heterocycles. The Labute approximate surface area is 267 Å². The van der Waals surface area contributed by atoms with Crippen LogP contribution in [0.2, 0.25) is 0 Å². The average Bonchev–Trinajstić information content (AvgIpc) is 3.67. The maximum Gasteiger partial charge on any atom is 0.393 e. The van der Waals surface area contributed by atoms with Gasteiger partial charge in [-0.25, -0.2) is 23.3 Å². The van der Waals surface area contributed by atoms with Crippen molar-refractivity contribution in [1.29, 1.82) is 0 Å². The molecule has 17 heteroatoms. The first-order valence-corrected chi connectivity index (χ1v) is 15.9. The van der Waals surface area contributed by atoms with Crippen molar-refractivity contribution in [3.8, 4) is 0 Å². The van der Waals surface area contributed by atoms with Gasteiger partial charge in [-0.2, -0.15) is 23.4 Å². The molecule has 3 aromatic rings. The number of morpholine rings is 1. The summed E-state index contributed by atoms with van der Waals surface area (Å²) in [5, 5.41) is 14.2. The minimum Gasteiger partial charge on any atom is -0.369 e. The van der Waals surface area contributed by atoms with Crippen LogP contribution in [0, 0.1) is 17.8 Å². The number of rotatable bonds is 8. The van der Waals surface area contributed by atoms with Gasteiger partial charge in [0.15, 0.2) is 0 Å². The number of carbonyl (C=O) groups is 2. The SMILES string of the molecule is CCn1nccc1C(=O)N[C@H](c1cn2nc(C[C@H]3C[C@@H](C(F)(F)F)CNC3=O)c(C3CN(C)CCO3)nc2n1)C1CCC(F)(F)CC1. The minimum atomic E-state index is -4.46. The second kappa shape index (κ2) is 13.1. The first kappa shape index (κ1) is 33.2. The zero-order chi connectivity index (χ0) is 33.5. The van der Waals surface area contributed by atoms with E-state index in [0.717, 1.165) is 0 Å². The summed E-state index contributed by atoms with van der Waals surface area (Å²) < 4.78 is 78.0. The van der Waals surface area contributed by atoms with E-state index in [9.17, 15) is 31.5 Å². The Morgan fingerprint density at radius 2 is 2.00 bits per heavy atom.